The quantitative estimate of drug-likeness (QED) is 0.152. The van der Waals surface area contributed by atoms with Crippen molar-refractivity contribution in [2.45, 2.75) is 32.9 Å². The van der Waals surface area contributed by atoms with Crippen molar-refractivity contribution in [1.29, 1.82) is 0 Å². The number of hydrogen-bond donors (Lipinski definition) is 0. The van der Waals surface area contributed by atoms with Crippen molar-refractivity contribution in [1.82, 2.24) is 0 Å². The van der Waals surface area contributed by atoms with Crippen molar-refractivity contribution < 1.29 is 31.9 Å². The molecule has 4 aromatic rings. The van der Waals surface area contributed by atoms with E-state index in [9.17, 15) is 22.8 Å². The van der Waals surface area contributed by atoms with Crippen LogP contribution in [0.3, 0.4) is 0 Å². The molecule has 37 heavy (non-hydrogen) atoms. The van der Waals surface area contributed by atoms with Gasteiger partial charge in [-0.3, -0.25) is 4.79 Å². The third kappa shape index (κ3) is 5.91. The van der Waals surface area contributed by atoms with Crippen LogP contribution in [0.5, 0.6) is 17.2 Å². The van der Waals surface area contributed by atoms with Crippen LogP contribution in [-0.4, -0.2) is 5.97 Å². The molecule has 4 rings (SSSR count). The van der Waals surface area contributed by atoms with E-state index in [4.69, 9.17) is 13.9 Å². The number of esters is 1. The van der Waals surface area contributed by atoms with Crippen molar-refractivity contribution in [3.8, 4) is 17.2 Å². The van der Waals surface area contributed by atoms with E-state index in [1.165, 1.54) is 24.3 Å². The smallest absolute Gasteiger partial charge is 0.449 e. The lowest BCUT2D eigenvalue weighted by Gasteiger charge is -2.16. The predicted molar refractivity (Wildman–Crippen MR) is 134 cm³/mol. The first-order valence-corrected chi connectivity index (χ1v) is 11.4. The number of carbonyl (C=O) groups is 1. The van der Waals surface area contributed by atoms with Crippen molar-refractivity contribution in [2.75, 3.05) is 0 Å². The second-order valence-electron chi connectivity index (χ2n) is 8.70. The first kappa shape index (κ1) is 25.8. The number of fused-ring (bicyclic) bond motifs is 1. The molecule has 0 spiro atoms. The van der Waals surface area contributed by atoms with E-state index in [1.54, 1.807) is 24.3 Å². The van der Waals surface area contributed by atoms with Gasteiger partial charge in [0.05, 0.1) is 5.39 Å². The van der Waals surface area contributed by atoms with Crippen LogP contribution in [0.15, 0.2) is 82.0 Å². The van der Waals surface area contributed by atoms with Crippen molar-refractivity contribution >= 4 is 23.0 Å². The fourth-order valence-electron chi connectivity index (χ4n) is 3.65. The zero-order chi connectivity index (χ0) is 26.7. The number of halogens is 3. The molecule has 0 aliphatic rings. The van der Waals surface area contributed by atoms with Gasteiger partial charge < -0.3 is 13.9 Å². The van der Waals surface area contributed by atoms with Crippen molar-refractivity contribution in [3.05, 3.63) is 105 Å². The Kier molecular flexibility index (Phi) is 7.20. The standard InChI is InChI=1S/C29H23F3O5/c1-17(2)21-6-4-5-7-23(21)36-27-26(34)22-14-13-20(16-24(22)37-28(27)29(30,31)32)35-25(33)15-12-19-10-8-18(3)9-11-19/h4-17H,1-3H3. The SMILES string of the molecule is Cc1ccc(C=CC(=O)Oc2ccc3c(=O)c(Oc4ccccc4C(C)C)c(C(F)(F)F)oc3c2)cc1. The fraction of sp³-hybridized carbons (Fsp3) is 0.172. The van der Waals surface area contributed by atoms with E-state index >= 15 is 0 Å². The second kappa shape index (κ2) is 10.3. The first-order valence-electron chi connectivity index (χ1n) is 11.4. The van der Waals surface area contributed by atoms with E-state index in [2.05, 4.69) is 0 Å². The van der Waals surface area contributed by atoms with Crippen LogP contribution in [0, 0.1) is 6.92 Å². The Morgan fingerprint density at radius 1 is 1.00 bits per heavy atom. The van der Waals surface area contributed by atoms with Crippen LogP contribution >= 0.6 is 0 Å². The van der Waals surface area contributed by atoms with Gasteiger partial charge in [-0.05, 0) is 48.2 Å². The molecular weight excluding hydrogens is 485 g/mol. The van der Waals surface area contributed by atoms with Gasteiger partial charge in [0.1, 0.15) is 17.1 Å². The molecule has 0 aliphatic carbocycles. The number of hydrogen-bond acceptors (Lipinski definition) is 5. The maximum absolute atomic E-state index is 13.9. The van der Waals surface area contributed by atoms with Crippen LogP contribution in [0.1, 0.15) is 42.2 Å². The molecular formula is C29H23F3O5. The Labute approximate surface area is 210 Å². The van der Waals surface area contributed by atoms with Gasteiger partial charge in [0, 0.05) is 12.1 Å². The number of rotatable bonds is 6. The highest BCUT2D eigenvalue weighted by atomic mass is 19.4. The van der Waals surface area contributed by atoms with Gasteiger partial charge in [-0.15, -0.1) is 0 Å². The van der Waals surface area contributed by atoms with Gasteiger partial charge in [-0.25, -0.2) is 4.79 Å². The Bertz CT molecular complexity index is 1530. The highest BCUT2D eigenvalue weighted by molar-refractivity contribution is 5.89. The van der Waals surface area contributed by atoms with E-state index in [1.807, 2.05) is 45.0 Å². The minimum atomic E-state index is -5.01. The molecule has 1 heterocycles. The summed E-state index contributed by atoms with van der Waals surface area (Å²) < 4.78 is 57.6. The summed E-state index contributed by atoms with van der Waals surface area (Å²) in [5.74, 6) is -3.30. The van der Waals surface area contributed by atoms with E-state index in [0.717, 1.165) is 17.2 Å². The van der Waals surface area contributed by atoms with E-state index in [-0.39, 0.29) is 22.8 Å². The molecule has 190 valence electrons. The van der Waals surface area contributed by atoms with Crippen LogP contribution < -0.4 is 14.9 Å². The second-order valence-corrected chi connectivity index (χ2v) is 8.70. The van der Waals surface area contributed by atoms with Crippen molar-refractivity contribution in [2.24, 2.45) is 0 Å². The lowest BCUT2D eigenvalue weighted by atomic mass is 10.0. The summed E-state index contributed by atoms with van der Waals surface area (Å²) in [7, 11) is 0. The Hall–Kier alpha value is -4.33. The molecule has 1 aromatic heterocycles. The molecule has 0 amide bonds. The average Bonchev–Trinajstić information content (AvgIpc) is 2.84. The first-order chi connectivity index (χ1) is 17.5. The average molecular weight is 508 g/mol. The molecule has 0 aliphatic heterocycles. The fourth-order valence-corrected chi connectivity index (χ4v) is 3.65. The highest BCUT2D eigenvalue weighted by Gasteiger charge is 2.40. The third-order valence-corrected chi connectivity index (χ3v) is 5.54. The van der Waals surface area contributed by atoms with E-state index < -0.39 is 34.7 Å². The third-order valence-electron chi connectivity index (χ3n) is 5.54. The van der Waals surface area contributed by atoms with Crippen LogP contribution in [0.4, 0.5) is 13.2 Å². The van der Waals surface area contributed by atoms with E-state index in [0.29, 0.717) is 5.56 Å². The summed E-state index contributed by atoms with van der Waals surface area (Å²) >= 11 is 0. The number of carbonyl (C=O) groups excluding carboxylic acids is 1. The van der Waals surface area contributed by atoms with Gasteiger partial charge in [0.15, 0.2) is 0 Å². The Morgan fingerprint density at radius 3 is 2.38 bits per heavy atom. The lowest BCUT2D eigenvalue weighted by molar-refractivity contribution is -0.154. The van der Waals surface area contributed by atoms with Gasteiger partial charge >= 0.3 is 12.1 Å². The molecule has 5 nitrogen and oxygen atoms in total. The summed E-state index contributed by atoms with van der Waals surface area (Å²) in [6, 6.07) is 17.5. The summed E-state index contributed by atoms with van der Waals surface area (Å²) in [6.07, 6.45) is -2.28. The highest BCUT2D eigenvalue weighted by Crippen LogP contribution is 2.40. The number of para-hydroxylation sites is 1. The molecule has 0 saturated heterocycles. The minimum absolute atomic E-state index is 0.0599. The Balaban J connectivity index is 1.68. The number of ether oxygens (including phenoxy) is 2. The maximum atomic E-state index is 13.9. The largest absolute Gasteiger partial charge is 0.453 e. The summed E-state index contributed by atoms with van der Waals surface area (Å²) in [5.41, 5.74) is 1.08. The topological polar surface area (TPSA) is 65.7 Å². The van der Waals surface area contributed by atoms with Crippen molar-refractivity contribution in [3.63, 3.8) is 0 Å². The maximum Gasteiger partial charge on any atom is 0.453 e. The number of alkyl halides is 3. The van der Waals surface area contributed by atoms with Gasteiger partial charge in [0.25, 0.3) is 5.76 Å². The molecule has 3 aromatic carbocycles. The van der Waals surface area contributed by atoms with Crippen LogP contribution in [0.2, 0.25) is 0 Å². The van der Waals surface area contributed by atoms with Crippen LogP contribution in [0.25, 0.3) is 17.0 Å². The summed E-state index contributed by atoms with van der Waals surface area (Å²) in [5, 5.41) is -0.153. The summed E-state index contributed by atoms with van der Waals surface area (Å²) in [4.78, 5) is 25.3. The van der Waals surface area contributed by atoms with Gasteiger partial charge in [-0.1, -0.05) is 61.9 Å². The number of benzene rings is 3. The minimum Gasteiger partial charge on any atom is -0.449 e. The molecule has 0 radical (unpaired) electrons. The molecule has 0 saturated carbocycles. The Morgan fingerprint density at radius 2 is 1.70 bits per heavy atom. The number of aryl methyl sites for hydroxylation is 1. The molecule has 0 fully saturated rings. The molecule has 0 N–H and O–H groups in total. The zero-order valence-electron chi connectivity index (χ0n) is 20.3. The van der Waals surface area contributed by atoms with Gasteiger partial charge in [-0.2, -0.15) is 13.2 Å². The lowest BCUT2D eigenvalue weighted by Crippen LogP contribution is -2.16. The van der Waals surface area contributed by atoms with Gasteiger partial charge in [0.2, 0.25) is 11.2 Å². The van der Waals surface area contributed by atoms with Crippen LogP contribution in [-0.2, 0) is 11.0 Å². The normalized spacial score (nSPS) is 11.9. The summed E-state index contributed by atoms with van der Waals surface area (Å²) in [6.45, 7) is 5.65. The molecule has 0 unspecified atom stereocenters. The molecule has 8 heteroatoms. The zero-order valence-corrected chi connectivity index (χ0v) is 20.3. The molecule has 0 atom stereocenters. The monoisotopic (exact) mass is 508 g/mol. The predicted octanol–water partition coefficient (Wildman–Crippen LogP) is 7.65. The molecule has 0 bridgehead atoms.